The Bertz CT molecular complexity index is 78.6. The van der Waals surface area contributed by atoms with E-state index >= 15 is 0 Å². The van der Waals surface area contributed by atoms with Gasteiger partial charge in [-0.05, 0) is 19.8 Å². The summed E-state index contributed by atoms with van der Waals surface area (Å²) in [6, 6.07) is 0. The molecule has 1 saturated heterocycles. The number of alkyl halides is 1. The Morgan fingerprint density at radius 1 is 1.75 bits per heavy atom. The fraction of sp³-hybridized carbons (Fsp3) is 1.00. The smallest absolute Gasteiger partial charge is 0.0684 e. The molecule has 0 saturated carbocycles. The van der Waals surface area contributed by atoms with Crippen molar-refractivity contribution < 1.29 is 4.74 Å². The van der Waals surface area contributed by atoms with Gasteiger partial charge in [0.1, 0.15) is 0 Å². The molecule has 0 bridgehead atoms. The van der Waals surface area contributed by atoms with E-state index in [1.165, 1.54) is 6.42 Å². The fourth-order valence-electron chi connectivity index (χ4n) is 0.848. The first-order valence-electron chi connectivity index (χ1n) is 2.97. The molecular formula is C6H11BrO. The van der Waals surface area contributed by atoms with E-state index in [0.29, 0.717) is 0 Å². The minimum absolute atomic E-state index is 0.226. The number of hydrogen-bond acceptors (Lipinski definition) is 1. The molecule has 2 heteroatoms. The van der Waals surface area contributed by atoms with E-state index < -0.39 is 0 Å². The lowest BCUT2D eigenvalue weighted by Gasteiger charge is -2.38. The van der Waals surface area contributed by atoms with Gasteiger partial charge >= 0.3 is 0 Å². The standard InChI is InChI=1S/C6H11BrO/c1-6(2-4-7)3-5-8-6/h2-5H2,1H3. The highest BCUT2D eigenvalue weighted by Crippen LogP contribution is 2.29. The summed E-state index contributed by atoms with van der Waals surface area (Å²) in [6.07, 6.45) is 2.38. The third-order valence-corrected chi connectivity index (χ3v) is 2.10. The highest BCUT2D eigenvalue weighted by atomic mass is 79.9. The zero-order chi connectivity index (χ0) is 6.04. The van der Waals surface area contributed by atoms with Crippen LogP contribution in [0.5, 0.6) is 0 Å². The summed E-state index contributed by atoms with van der Waals surface area (Å²) in [5.41, 5.74) is 0.226. The molecule has 1 atom stereocenters. The number of hydrogen-bond donors (Lipinski definition) is 0. The summed E-state index contributed by atoms with van der Waals surface area (Å²) in [5, 5.41) is 1.06. The minimum atomic E-state index is 0.226. The molecule has 0 amide bonds. The predicted octanol–water partition coefficient (Wildman–Crippen LogP) is 1.95. The van der Waals surface area contributed by atoms with Gasteiger partial charge in [-0.3, -0.25) is 0 Å². The molecule has 0 aromatic heterocycles. The van der Waals surface area contributed by atoms with Crippen LogP contribution in [0.2, 0.25) is 0 Å². The van der Waals surface area contributed by atoms with E-state index in [-0.39, 0.29) is 5.60 Å². The van der Waals surface area contributed by atoms with Crippen LogP contribution in [0.1, 0.15) is 19.8 Å². The molecule has 1 aliphatic rings. The van der Waals surface area contributed by atoms with Crippen LogP contribution in [0.4, 0.5) is 0 Å². The molecule has 1 fully saturated rings. The maximum Gasteiger partial charge on any atom is 0.0684 e. The lowest BCUT2D eigenvalue weighted by molar-refractivity contribution is -0.134. The Labute approximate surface area is 58.5 Å². The third kappa shape index (κ3) is 1.23. The zero-order valence-corrected chi connectivity index (χ0v) is 6.70. The number of ether oxygens (including phenoxy) is 1. The lowest BCUT2D eigenvalue weighted by Crippen LogP contribution is -2.40. The minimum Gasteiger partial charge on any atom is -0.375 e. The van der Waals surface area contributed by atoms with E-state index in [1.54, 1.807) is 0 Å². The predicted molar refractivity (Wildman–Crippen MR) is 37.4 cm³/mol. The summed E-state index contributed by atoms with van der Waals surface area (Å²) < 4.78 is 5.33. The van der Waals surface area contributed by atoms with Crippen LogP contribution in [-0.2, 0) is 4.74 Å². The van der Waals surface area contributed by atoms with E-state index in [1.807, 2.05) is 0 Å². The fourth-order valence-corrected chi connectivity index (χ4v) is 1.69. The van der Waals surface area contributed by atoms with Gasteiger partial charge in [-0.1, -0.05) is 15.9 Å². The molecule has 0 aromatic rings. The van der Waals surface area contributed by atoms with Crippen LogP contribution in [0.15, 0.2) is 0 Å². The van der Waals surface area contributed by atoms with Crippen LogP contribution in [0.3, 0.4) is 0 Å². The summed E-state index contributed by atoms with van der Waals surface area (Å²) in [6.45, 7) is 3.13. The molecular weight excluding hydrogens is 168 g/mol. The second-order valence-electron chi connectivity index (χ2n) is 2.49. The van der Waals surface area contributed by atoms with Crippen molar-refractivity contribution in [2.45, 2.75) is 25.4 Å². The van der Waals surface area contributed by atoms with Crippen LogP contribution in [0, 0.1) is 0 Å². The van der Waals surface area contributed by atoms with Gasteiger partial charge in [-0.2, -0.15) is 0 Å². The Morgan fingerprint density at radius 2 is 2.38 bits per heavy atom. The van der Waals surface area contributed by atoms with E-state index in [0.717, 1.165) is 18.4 Å². The monoisotopic (exact) mass is 178 g/mol. The lowest BCUT2D eigenvalue weighted by atomic mass is 9.95. The summed E-state index contributed by atoms with van der Waals surface area (Å²) in [4.78, 5) is 0. The van der Waals surface area contributed by atoms with Crippen LogP contribution in [-0.4, -0.2) is 17.5 Å². The maximum atomic E-state index is 5.33. The van der Waals surface area contributed by atoms with Crippen molar-refractivity contribution in [3.8, 4) is 0 Å². The second-order valence-corrected chi connectivity index (χ2v) is 3.28. The Kier molecular flexibility index (Phi) is 1.93. The van der Waals surface area contributed by atoms with Gasteiger partial charge in [0.25, 0.3) is 0 Å². The second kappa shape index (κ2) is 2.36. The molecule has 48 valence electrons. The molecule has 0 aliphatic carbocycles. The summed E-state index contributed by atoms with van der Waals surface area (Å²) in [7, 11) is 0. The average Bonchev–Trinajstić information content (AvgIpc) is 1.64. The molecule has 8 heavy (non-hydrogen) atoms. The maximum absolute atomic E-state index is 5.33. The molecule has 1 rings (SSSR count). The van der Waals surface area contributed by atoms with Gasteiger partial charge in [0.05, 0.1) is 12.2 Å². The highest BCUT2D eigenvalue weighted by molar-refractivity contribution is 9.09. The van der Waals surface area contributed by atoms with Crippen LogP contribution in [0.25, 0.3) is 0 Å². The highest BCUT2D eigenvalue weighted by Gasteiger charge is 2.31. The van der Waals surface area contributed by atoms with Crippen molar-refractivity contribution in [1.82, 2.24) is 0 Å². The zero-order valence-electron chi connectivity index (χ0n) is 5.11. The van der Waals surface area contributed by atoms with Crippen molar-refractivity contribution in [2.75, 3.05) is 11.9 Å². The molecule has 1 heterocycles. The number of halogens is 1. The molecule has 1 unspecified atom stereocenters. The third-order valence-electron chi connectivity index (χ3n) is 1.70. The van der Waals surface area contributed by atoms with Gasteiger partial charge in [0, 0.05) is 5.33 Å². The Morgan fingerprint density at radius 3 is 2.50 bits per heavy atom. The first-order chi connectivity index (χ1) is 3.77. The van der Waals surface area contributed by atoms with Crippen molar-refractivity contribution in [3.63, 3.8) is 0 Å². The van der Waals surface area contributed by atoms with Crippen molar-refractivity contribution in [3.05, 3.63) is 0 Å². The Hall–Kier alpha value is 0.440. The van der Waals surface area contributed by atoms with Gasteiger partial charge < -0.3 is 4.74 Å². The quantitative estimate of drug-likeness (QED) is 0.588. The van der Waals surface area contributed by atoms with Gasteiger partial charge in [0.15, 0.2) is 0 Å². The molecule has 1 aliphatic heterocycles. The summed E-state index contributed by atoms with van der Waals surface area (Å²) in [5.74, 6) is 0. The van der Waals surface area contributed by atoms with Crippen molar-refractivity contribution >= 4 is 15.9 Å². The van der Waals surface area contributed by atoms with Gasteiger partial charge in [0.2, 0.25) is 0 Å². The SMILES string of the molecule is CC1(CCBr)CCO1. The van der Waals surface area contributed by atoms with E-state index in [2.05, 4.69) is 22.9 Å². The normalized spacial score (nSPS) is 36.8. The van der Waals surface area contributed by atoms with Crippen molar-refractivity contribution in [1.29, 1.82) is 0 Å². The molecule has 0 N–H and O–H groups in total. The van der Waals surface area contributed by atoms with E-state index in [4.69, 9.17) is 4.74 Å². The van der Waals surface area contributed by atoms with Crippen molar-refractivity contribution in [2.24, 2.45) is 0 Å². The Balaban J connectivity index is 2.20. The average molecular weight is 179 g/mol. The summed E-state index contributed by atoms with van der Waals surface area (Å²) >= 11 is 3.38. The topological polar surface area (TPSA) is 9.23 Å². The molecule has 1 nitrogen and oxygen atoms in total. The van der Waals surface area contributed by atoms with Gasteiger partial charge in [-0.15, -0.1) is 0 Å². The number of rotatable bonds is 2. The molecule has 0 radical (unpaired) electrons. The first kappa shape index (κ1) is 6.56. The first-order valence-corrected chi connectivity index (χ1v) is 4.09. The van der Waals surface area contributed by atoms with Gasteiger partial charge in [-0.25, -0.2) is 0 Å². The molecule has 0 aromatic carbocycles. The van der Waals surface area contributed by atoms with E-state index in [9.17, 15) is 0 Å². The largest absolute Gasteiger partial charge is 0.375 e. The van der Waals surface area contributed by atoms with Crippen LogP contribution >= 0.6 is 15.9 Å². The van der Waals surface area contributed by atoms with Crippen LogP contribution < -0.4 is 0 Å². The molecule has 0 spiro atoms.